The first-order valence-electron chi connectivity index (χ1n) is 8.70. The van der Waals surface area contributed by atoms with Gasteiger partial charge in [0.15, 0.2) is 0 Å². The van der Waals surface area contributed by atoms with Crippen molar-refractivity contribution in [1.82, 2.24) is 10.6 Å². The maximum Gasteiger partial charge on any atom is 0.407 e. The van der Waals surface area contributed by atoms with Crippen LogP contribution in [0.3, 0.4) is 0 Å². The Kier molecular flexibility index (Phi) is 8.37. The van der Waals surface area contributed by atoms with E-state index in [2.05, 4.69) is 16.0 Å². The van der Waals surface area contributed by atoms with Gasteiger partial charge in [0, 0.05) is 6.54 Å². The molecule has 0 aliphatic heterocycles. The highest BCUT2D eigenvalue weighted by Gasteiger charge is 2.21. The highest BCUT2D eigenvalue weighted by molar-refractivity contribution is 5.98. The van der Waals surface area contributed by atoms with Gasteiger partial charge < -0.3 is 31.5 Å². The first-order chi connectivity index (χ1) is 12.6. The fraction of sp³-hybridized carbons (Fsp3) is 0.500. The molecule has 150 valence electrons. The molecule has 1 unspecified atom stereocenters. The number of para-hydroxylation sites is 2. The predicted molar refractivity (Wildman–Crippen MR) is 103 cm³/mol. The zero-order valence-electron chi connectivity index (χ0n) is 15.9. The summed E-state index contributed by atoms with van der Waals surface area (Å²) in [5.41, 5.74) is 6.02. The number of carbonyl (C=O) groups excluding carboxylic acids is 2. The minimum Gasteiger partial charge on any atom is -0.465 e. The molecule has 1 aromatic carbocycles. The molecule has 0 aliphatic rings. The molecule has 0 spiro atoms. The topological polar surface area (TPSA) is 143 Å². The second-order valence-electron chi connectivity index (χ2n) is 7.00. The molecule has 0 heterocycles. The van der Waals surface area contributed by atoms with Crippen molar-refractivity contribution in [1.29, 1.82) is 0 Å². The summed E-state index contributed by atoms with van der Waals surface area (Å²) in [6.07, 6.45) is -0.431. The lowest BCUT2D eigenvalue weighted by molar-refractivity contribution is -0.118. The molecule has 0 aromatic heterocycles. The number of ether oxygens (including phenoxy) is 1. The molecule has 0 saturated heterocycles. The molecule has 27 heavy (non-hydrogen) atoms. The predicted octanol–water partition coefficient (Wildman–Crippen LogP) is 2.54. The number of benzene rings is 1. The summed E-state index contributed by atoms with van der Waals surface area (Å²) in [7, 11) is 0. The van der Waals surface area contributed by atoms with Crippen molar-refractivity contribution in [2.75, 3.05) is 17.6 Å². The number of alkyl carbamates (subject to hydrolysis) is 1. The number of nitrogen functional groups attached to an aromatic ring is 1. The summed E-state index contributed by atoms with van der Waals surface area (Å²) in [6.45, 7) is 5.68. The summed E-state index contributed by atoms with van der Waals surface area (Å²) in [6, 6.07) is 5.79. The van der Waals surface area contributed by atoms with Crippen LogP contribution in [0.15, 0.2) is 24.3 Å². The fourth-order valence-corrected chi connectivity index (χ4v) is 2.23. The summed E-state index contributed by atoms with van der Waals surface area (Å²) >= 11 is 0. The molecule has 0 radical (unpaired) electrons. The fourth-order valence-electron chi connectivity index (χ4n) is 2.23. The van der Waals surface area contributed by atoms with E-state index in [9.17, 15) is 14.4 Å². The molecule has 0 fully saturated rings. The smallest absolute Gasteiger partial charge is 0.407 e. The Balaban J connectivity index is 2.46. The third-order valence-electron chi connectivity index (χ3n) is 3.42. The van der Waals surface area contributed by atoms with Crippen LogP contribution in [-0.2, 0) is 9.53 Å². The Labute approximate surface area is 158 Å². The number of carbonyl (C=O) groups is 3. The van der Waals surface area contributed by atoms with E-state index in [-0.39, 0.29) is 6.42 Å². The van der Waals surface area contributed by atoms with Gasteiger partial charge >= 0.3 is 12.2 Å². The number of hydrogen-bond acceptors (Lipinski definition) is 5. The normalized spacial score (nSPS) is 12.0. The van der Waals surface area contributed by atoms with E-state index in [1.54, 1.807) is 45.0 Å². The largest absolute Gasteiger partial charge is 0.465 e. The van der Waals surface area contributed by atoms with Gasteiger partial charge in [-0.15, -0.1) is 0 Å². The zero-order chi connectivity index (χ0) is 20.4. The van der Waals surface area contributed by atoms with Crippen molar-refractivity contribution in [2.45, 2.75) is 51.7 Å². The van der Waals surface area contributed by atoms with E-state index in [1.807, 2.05) is 0 Å². The summed E-state index contributed by atoms with van der Waals surface area (Å²) in [5.74, 6) is -0.490. The number of rotatable bonds is 8. The van der Waals surface area contributed by atoms with Crippen molar-refractivity contribution >= 4 is 29.5 Å². The van der Waals surface area contributed by atoms with E-state index >= 15 is 0 Å². The van der Waals surface area contributed by atoms with Gasteiger partial charge in [-0.05, 0) is 52.2 Å². The maximum absolute atomic E-state index is 12.3. The highest BCUT2D eigenvalue weighted by atomic mass is 16.6. The molecule has 1 rings (SSSR count). The van der Waals surface area contributed by atoms with Gasteiger partial charge in [-0.25, -0.2) is 9.59 Å². The highest BCUT2D eigenvalue weighted by Crippen LogP contribution is 2.17. The average molecular weight is 380 g/mol. The average Bonchev–Trinajstić information content (AvgIpc) is 2.53. The minimum atomic E-state index is -1.29. The Morgan fingerprint density at radius 3 is 2.44 bits per heavy atom. The lowest BCUT2D eigenvalue weighted by Crippen LogP contribution is -2.43. The third kappa shape index (κ3) is 9.34. The first kappa shape index (κ1) is 22.1. The molecule has 9 nitrogen and oxygen atoms in total. The summed E-state index contributed by atoms with van der Waals surface area (Å²) in [4.78, 5) is 34.8. The van der Waals surface area contributed by atoms with Crippen molar-refractivity contribution in [3.63, 3.8) is 0 Å². The number of unbranched alkanes of at least 4 members (excludes halogenated alkanes) is 1. The van der Waals surface area contributed by atoms with Gasteiger partial charge in [0.05, 0.1) is 11.4 Å². The summed E-state index contributed by atoms with van der Waals surface area (Å²) in [5, 5.41) is 16.4. The third-order valence-corrected chi connectivity index (χ3v) is 3.42. The Morgan fingerprint density at radius 1 is 1.19 bits per heavy atom. The van der Waals surface area contributed by atoms with E-state index < -0.39 is 29.7 Å². The lowest BCUT2D eigenvalue weighted by atomic mass is 10.1. The Morgan fingerprint density at radius 2 is 1.85 bits per heavy atom. The van der Waals surface area contributed by atoms with Crippen LogP contribution >= 0.6 is 0 Å². The lowest BCUT2D eigenvalue weighted by Gasteiger charge is -2.20. The number of nitrogens with two attached hydrogens (primary N) is 1. The molecular weight excluding hydrogens is 352 g/mol. The molecule has 6 N–H and O–H groups in total. The number of carboxylic acid groups (broad SMARTS) is 1. The number of hydrogen-bond donors (Lipinski definition) is 5. The molecule has 0 bridgehead atoms. The second kappa shape index (κ2) is 10.2. The number of nitrogens with one attached hydrogen (secondary N) is 3. The van der Waals surface area contributed by atoms with Crippen molar-refractivity contribution in [2.24, 2.45) is 0 Å². The molecule has 3 amide bonds. The Hall–Kier alpha value is -2.97. The van der Waals surface area contributed by atoms with Crippen molar-refractivity contribution < 1.29 is 24.2 Å². The van der Waals surface area contributed by atoms with E-state index in [0.717, 1.165) is 0 Å². The summed E-state index contributed by atoms with van der Waals surface area (Å²) < 4.78 is 5.12. The van der Waals surface area contributed by atoms with Gasteiger partial charge in [0.1, 0.15) is 11.6 Å². The van der Waals surface area contributed by atoms with Crippen molar-refractivity contribution in [3.05, 3.63) is 24.3 Å². The van der Waals surface area contributed by atoms with Crippen LogP contribution in [0.2, 0.25) is 0 Å². The van der Waals surface area contributed by atoms with Crippen LogP contribution in [0.25, 0.3) is 0 Å². The first-order valence-corrected chi connectivity index (χ1v) is 8.70. The van der Waals surface area contributed by atoms with Gasteiger partial charge in [-0.1, -0.05) is 12.1 Å². The van der Waals surface area contributed by atoms with E-state index in [0.29, 0.717) is 30.8 Å². The Bertz CT molecular complexity index is 657. The van der Waals surface area contributed by atoms with Gasteiger partial charge in [0.2, 0.25) is 5.91 Å². The van der Waals surface area contributed by atoms with Crippen LogP contribution in [0.1, 0.15) is 40.0 Å². The van der Waals surface area contributed by atoms with E-state index in [4.69, 9.17) is 15.6 Å². The molecule has 0 aliphatic carbocycles. The minimum absolute atomic E-state index is 0.279. The van der Waals surface area contributed by atoms with Crippen LogP contribution in [0.4, 0.5) is 21.0 Å². The van der Waals surface area contributed by atoms with Crippen LogP contribution in [-0.4, -0.2) is 41.4 Å². The standard InChI is InChI=1S/C18H28N4O5/c1-18(2,3)27-17(26)20-11-7-6-10-14(22-16(24)25)15(23)21-13-9-5-4-8-12(13)19/h4-5,8-9,14,22H,6-7,10-11,19H2,1-3H3,(H,20,26)(H,21,23)(H,24,25). The second-order valence-corrected chi connectivity index (χ2v) is 7.00. The molecule has 1 aromatic rings. The molecule has 0 saturated carbocycles. The van der Waals surface area contributed by atoms with Crippen LogP contribution < -0.4 is 21.7 Å². The molecule has 9 heteroatoms. The number of amides is 3. The quantitative estimate of drug-likeness (QED) is 0.346. The van der Waals surface area contributed by atoms with Crippen LogP contribution in [0.5, 0.6) is 0 Å². The molecule has 1 atom stereocenters. The SMILES string of the molecule is CC(C)(C)OC(=O)NCCCCC(NC(=O)O)C(=O)Nc1ccccc1N. The van der Waals surface area contributed by atoms with Gasteiger partial charge in [-0.2, -0.15) is 0 Å². The number of anilines is 2. The van der Waals surface area contributed by atoms with E-state index in [1.165, 1.54) is 0 Å². The van der Waals surface area contributed by atoms with Crippen molar-refractivity contribution in [3.8, 4) is 0 Å². The molecular formula is C18H28N4O5. The van der Waals surface area contributed by atoms with Crippen LogP contribution in [0, 0.1) is 0 Å². The monoisotopic (exact) mass is 380 g/mol. The van der Waals surface area contributed by atoms with Gasteiger partial charge in [-0.3, -0.25) is 4.79 Å². The van der Waals surface area contributed by atoms with Gasteiger partial charge in [0.25, 0.3) is 0 Å². The zero-order valence-corrected chi connectivity index (χ0v) is 15.9. The maximum atomic E-state index is 12.3.